The smallest absolute Gasteiger partial charge is 0.407 e. The van der Waals surface area contributed by atoms with Gasteiger partial charge < -0.3 is 15.4 Å². The molecule has 0 spiro atoms. The maximum atomic E-state index is 11.6. The van der Waals surface area contributed by atoms with Crippen LogP contribution in [0.2, 0.25) is 0 Å². The molecule has 92 valence electrons. The summed E-state index contributed by atoms with van der Waals surface area (Å²) in [5, 5.41) is 6.48. The number of nitrogens with one attached hydrogen (secondary N) is 2. The fraction of sp³-hybridized carbons (Fsp3) is 0.917. The predicted molar refractivity (Wildman–Crippen MR) is 62.3 cm³/mol. The summed E-state index contributed by atoms with van der Waals surface area (Å²) in [4.78, 5) is 11.6. The van der Waals surface area contributed by atoms with Gasteiger partial charge in [0, 0.05) is 18.6 Å². The molecule has 16 heavy (non-hydrogen) atoms. The van der Waals surface area contributed by atoms with Gasteiger partial charge in [0.15, 0.2) is 0 Å². The minimum Gasteiger partial charge on any atom is -0.444 e. The van der Waals surface area contributed by atoms with Gasteiger partial charge in [-0.3, -0.25) is 0 Å². The molecule has 2 heterocycles. The molecule has 3 rings (SSSR count). The van der Waals surface area contributed by atoms with E-state index in [1.165, 1.54) is 12.8 Å². The summed E-state index contributed by atoms with van der Waals surface area (Å²) in [7, 11) is 0. The Morgan fingerprint density at radius 2 is 2.12 bits per heavy atom. The number of piperidine rings is 2. The van der Waals surface area contributed by atoms with Crippen molar-refractivity contribution in [3.63, 3.8) is 0 Å². The first kappa shape index (κ1) is 11.7. The highest BCUT2D eigenvalue weighted by atomic mass is 16.6. The zero-order valence-corrected chi connectivity index (χ0v) is 10.4. The van der Waals surface area contributed by atoms with E-state index in [1.807, 2.05) is 20.8 Å². The Morgan fingerprint density at radius 1 is 1.38 bits per heavy atom. The molecule has 3 atom stereocenters. The van der Waals surface area contributed by atoms with Gasteiger partial charge >= 0.3 is 6.09 Å². The highest BCUT2D eigenvalue weighted by Gasteiger charge is 2.36. The van der Waals surface area contributed by atoms with Gasteiger partial charge in [-0.25, -0.2) is 4.79 Å². The van der Waals surface area contributed by atoms with E-state index in [1.54, 1.807) is 0 Å². The Kier molecular flexibility index (Phi) is 3.10. The molecule has 0 aromatic rings. The molecule has 2 aliphatic heterocycles. The maximum Gasteiger partial charge on any atom is 0.407 e. The summed E-state index contributed by atoms with van der Waals surface area (Å²) in [6.45, 7) is 6.70. The molecule has 2 bridgehead atoms. The SMILES string of the molecule is CC(C)(C)OC(=O)N[C@H]1CC2CCC1CN2. The van der Waals surface area contributed by atoms with Gasteiger partial charge in [0.2, 0.25) is 0 Å². The molecule has 0 aromatic heterocycles. The lowest BCUT2D eigenvalue weighted by Gasteiger charge is -2.43. The number of fused-ring (bicyclic) bond motifs is 3. The number of amides is 1. The van der Waals surface area contributed by atoms with Crippen molar-refractivity contribution in [3.8, 4) is 0 Å². The van der Waals surface area contributed by atoms with Crippen molar-refractivity contribution in [2.45, 2.75) is 57.7 Å². The van der Waals surface area contributed by atoms with Crippen LogP contribution in [0, 0.1) is 5.92 Å². The third-order valence-corrected chi connectivity index (χ3v) is 3.36. The van der Waals surface area contributed by atoms with Gasteiger partial charge in [-0.2, -0.15) is 0 Å². The second-order valence-electron chi connectivity index (χ2n) is 5.93. The lowest BCUT2D eigenvalue weighted by Crippen LogP contribution is -2.57. The average molecular weight is 226 g/mol. The van der Waals surface area contributed by atoms with Gasteiger partial charge in [-0.1, -0.05) is 0 Å². The number of carbonyl (C=O) groups excluding carboxylic acids is 1. The van der Waals surface area contributed by atoms with Crippen LogP contribution in [0.3, 0.4) is 0 Å². The number of rotatable bonds is 1. The second kappa shape index (κ2) is 4.24. The first-order valence-electron chi connectivity index (χ1n) is 6.17. The van der Waals surface area contributed by atoms with Crippen LogP contribution in [-0.2, 0) is 4.74 Å². The topological polar surface area (TPSA) is 50.4 Å². The van der Waals surface area contributed by atoms with Crippen molar-refractivity contribution in [1.82, 2.24) is 10.6 Å². The van der Waals surface area contributed by atoms with Crippen molar-refractivity contribution in [1.29, 1.82) is 0 Å². The van der Waals surface area contributed by atoms with Crippen molar-refractivity contribution < 1.29 is 9.53 Å². The van der Waals surface area contributed by atoms with E-state index in [-0.39, 0.29) is 6.09 Å². The van der Waals surface area contributed by atoms with Gasteiger partial charge in [0.1, 0.15) is 5.60 Å². The molecule has 2 saturated heterocycles. The van der Waals surface area contributed by atoms with Crippen LogP contribution in [0.25, 0.3) is 0 Å². The number of carbonyl (C=O) groups is 1. The normalized spacial score (nSPS) is 33.6. The zero-order chi connectivity index (χ0) is 11.8. The number of alkyl carbamates (subject to hydrolysis) is 1. The van der Waals surface area contributed by atoms with Gasteiger partial charge in [0.05, 0.1) is 0 Å². The molecular weight excluding hydrogens is 204 g/mol. The summed E-state index contributed by atoms with van der Waals surface area (Å²) in [6.07, 6.45) is 3.24. The number of ether oxygens (including phenoxy) is 1. The molecule has 0 radical (unpaired) electrons. The van der Waals surface area contributed by atoms with Crippen LogP contribution in [0.4, 0.5) is 4.79 Å². The van der Waals surface area contributed by atoms with Gasteiger partial charge in [-0.05, 0) is 46.0 Å². The maximum absolute atomic E-state index is 11.6. The molecule has 1 amide bonds. The van der Waals surface area contributed by atoms with Crippen LogP contribution >= 0.6 is 0 Å². The predicted octanol–water partition coefficient (Wildman–Crippen LogP) is 1.65. The van der Waals surface area contributed by atoms with Crippen LogP contribution in [0.5, 0.6) is 0 Å². The molecule has 2 N–H and O–H groups in total. The van der Waals surface area contributed by atoms with Crippen molar-refractivity contribution in [2.75, 3.05) is 6.54 Å². The first-order chi connectivity index (χ1) is 7.44. The van der Waals surface area contributed by atoms with Crippen molar-refractivity contribution >= 4 is 6.09 Å². The molecule has 4 heteroatoms. The monoisotopic (exact) mass is 226 g/mol. The van der Waals surface area contributed by atoms with Crippen LogP contribution in [0.15, 0.2) is 0 Å². The Hall–Kier alpha value is -0.770. The molecule has 3 fully saturated rings. The third kappa shape index (κ3) is 2.88. The zero-order valence-electron chi connectivity index (χ0n) is 10.4. The largest absolute Gasteiger partial charge is 0.444 e. The van der Waals surface area contributed by atoms with Crippen molar-refractivity contribution in [3.05, 3.63) is 0 Å². The minimum absolute atomic E-state index is 0.273. The van der Waals surface area contributed by atoms with E-state index in [4.69, 9.17) is 4.74 Å². The van der Waals surface area contributed by atoms with E-state index >= 15 is 0 Å². The lowest BCUT2D eigenvalue weighted by molar-refractivity contribution is 0.0432. The van der Waals surface area contributed by atoms with Gasteiger partial charge in [-0.15, -0.1) is 0 Å². The molecule has 3 aliphatic rings. The second-order valence-corrected chi connectivity index (χ2v) is 5.93. The van der Waals surface area contributed by atoms with Crippen LogP contribution in [-0.4, -0.2) is 30.3 Å². The first-order valence-corrected chi connectivity index (χ1v) is 6.17. The highest BCUT2D eigenvalue weighted by molar-refractivity contribution is 5.68. The third-order valence-electron chi connectivity index (χ3n) is 3.36. The molecule has 0 aromatic carbocycles. The van der Waals surface area contributed by atoms with E-state index < -0.39 is 5.60 Å². The molecule has 2 unspecified atom stereocenters. The molecule has 1 aliphatic carbocycles. The summed E-state index contributed by atoms with van der Waals surface area (Å²) in [5.74, 6) is 0.581. The fourth-order valence-electron chi connectivity index (χ4n) is 2.62. The Bertz CT molecular complexity index is 265. The Labute approximate surface area is 97.1 Å². The van der Waals surface area contributed by atoms with E-state index in [2.05, 4.69) is 10.6 Å². The summed E-state index contributed by atoms with van der Waals surface area (Å²) in [6, 6.07) is 0.889. The molecule has 4 nitrogen and oxygen atoms in total. The average Bonchev–Trinajstić information content (AvgIpc) is 2.16. The van der Waals surface area contributed by atoms with E-state index in [9.17, 15) is 4.79 Å². The quantitative estimate of drug-likeness (QED) is 0.715. The molecule has 1 saturated carbocycles. The van der Waals surface area contributed by atoms with E-state index in [0.29, 0.717) is 18.0 Å². The number of hydrogen-bond donors (Lipinski definition) is 2. The standard InChI is InChI=1S/C12H22N2O2/c1-12(2,3)16-11(15)14-10-6-9-5-4-8(10)7-13-9/h8-10,13H,4-7H2,1-3H3,(H,14,15)/t8?,9?,10-/m0/s1. The summed E-state index contributed by atoms with van der Waals surface area (Å²) >= 11 is 0. The summed E-state index contributed by atoms with van der Waals surface area (Å²) < 4.78 is 5.28. The fourth-order valence-corrected chi connectivity index (χ4v) is 2.62. The lowest BCUT2D eigenvalue weighted by atomic mass is 9.77. The molecular formula is C12H22N2O2. The summed E-state index contributed by atoms with van der Waals surface area (Å²) in [5.41, 5.74) is -0.407. The van der Waals surface area contributed by atoms with E-state index in [0.717, 1.165) is 13.0 Å². The van der Waals surface area contributed by atoms with Crippen LogP contribution < -0.4 is 10.6 Å². The minimum atomic E-state index is -0.407. The Balaban J connectivity index is 1.83. The van der Waals surface area contributed by atoms with Crippen LogP contribution in [0.1, 0.15) is 40.0 Å². The van der Waals surface area contributed by atoms with Gasteiger partial charge in [0.25, 0.3) is 0 Å². The highest BCUT2D eigenvalue weighted by Crippen LogP contribution is 2.29. The number of hydrogen-bond acceptors (Lipinski definition) is 3. The Morgan fingerprint density at radius 3 is 2.56 bits per heavy atom. The van der Waals surface area contributed by atoms with Crippen molar-refractivity contribution in [2.24, 2.45) is 5.92 Å².